The monoisotopic (exact) mass is 222 g/mol. The van der Waals surface area contributed by atoms with Crippen LogP contribution in [0.3, 0.4) is 0 Å². The highest BCUT2D eigenvalue weighted by Crippen LogP contribution is 2.14. The zero-order valence-electron chi connectivity index (χ0n) is 9.82. The number of nitrogens with one attached hydrogen (secondary N) is 2. The smallest absolute Gasteiger partial charge is 0.210 e. The molecule has 0 aliphatic carbocycles. The van der Waals surface area contributed by atoms with E-state index in [1.807, 2.05) is 38.1 Å². The van der Waals surface area contributed by atoms with Crippen LogP contribution < -0.4 is 21.3 Å². The molecule has 0 spiro atoms. The van der Waals surface area contributed by atoms with Gasteiger partial charge in [-0.3, -0.25) is 5.43 Å². The van der Waals surface area contributed by atoms with Crippen molar-refractivity contribution in [3.63, 3.8) is 0 Å². The molecule has 0 saturated carbocycles. The summed E-state index contributed by atoms with van der Waals surface area (Å²) in [6.07, 6.45) is 0. The minimum atomic E-state index is 0.178. The van der Waals surface area contributed by atoms with Gasteiger partial charge in [-0.15, -0.1) is 0 Å². The van der Waals surface area contributed by atoms with Gasteiger partial charge >= 0.3 is 0 Å². The Kier molecular flexibility index (Phi) is 4.60. The average Bonchev–Trinajstić information content (AvgIpc) is 2.28. The largest absolute Gasteiger partial charge is 0.497 e. The SMILES string of the molecule is COc1ccc(NC(=NC(C)C)NN)cc1. The molecule has 0 unspecified atom stereocenters. The van der Waals surface area contributed by atoms with Crippen LogP contribution in [0.5, 0.6) is 5.75 Å². The molecular weight excluding hydrogens is 204 g/mol. The molecule has 0 atom stereocenters. The molecule has 0 fully saturated rings. The van der Waals surface area contributed by atoms with E-state index < -0.39 is 0 Å². The summed E-state index contributed by atoms with van der Waals surface area (Å²) in [5.74, 6) is 6.71. The van der Waals surface area contributed by atoms with Crippen molar-refractivity contribution in [2.75, 3.05) is 12.4 Å². The number of ether oxygens (including phenoxy) is 1. The quantitative estimate of drug-likeness (QED) is 0.312. The van der Waals surface area contributed by atoms with Gasteiger partial charge in [-0.2, -0.15) is 0 Å². The van der Waals surface area contributed by atoms with Gasteiger partial charge in [0.15, 0.2) is 0 Å². The number of nitrogens with two attached hydrogens (primary N) is 1. The summed E-state index contributed by atoms with van der Waals surface area (Å²) in [4.78, 5) is 4.27. The summed E-state index contributed by atoms with van der Waals surface area (Å²) >= 11 is 0. The number of hydrogen-bond donors (Lipinski definition) is 3. The third-order valence-corrected chi connectivity index (χ3v) is 1.88. The molecule has 0 radical (unpaired) electrons. The number of hydrazine groups is 1. The van der Waals surface area contributed by atoms with Gasteiger partial charge in [0.25, 0.3) is 0 Å². The lowest BCUT2D eigenvalue weighted by Crippen LogP contribution is -2.36. The van der Waals surface area contributed by atoms with Gasteiger partial charge in [0.1, 0.15) is 5.75 Å². The topological polar surface area (TPSA) is 71.7 Å². The van der Waals surface area contributed by atoms with E-state index >= 15 is 0 Å². The molecule has 5 heteroatoms. The minimum absolute atomic E-state index is 0.178. The summed E-state index contributed by atoms with van der Waals surface area (Å²) in [5, 5.41) is 3.07. The molecule has 4 N–H and O–H groups in total. The summed E-state index contributed by atoms with van der Waals surface area (Å²) < 4.78 is 5.07. The van der Waals surface area contributed by atoms with Crippen molar-refractivity contribution in [1.82, 2.24) is 5.43 Å². The van der Waals surface area contributed by atoms with Crippen LogP contribution in [0.15, 0.2) is 29.3 Å². The highest BCUT2D eigenvalue weighted by atomic mass is 16.5. The summed E-state index contributed by atoms with van der Waals surface area (Å²) in [7, 11) is 1.63. The zero-order valence-corrected chi connectivity index (χ0v) is 9.82. The van der Waals surface area contributed by atoms with E-state index in [-0.39, 0.29) is 6.04 Å². The van der Waals surface area contributed by atoms with Crippen LogP contribution >= 0.6 is 0 Å². The Bertz CT molecular complexity index is 346. The van der Waals surface area contributed by atoms with Gasteiger partial charge < -0.3 is 10.1 Å². The first kappa shape index (κ1) is 12.3. The Morgan fingerprint density at radius 2 is 1.94 bits per heavy atom. The Morgan fingerprint density at radius 3 is 2.38 bits per heavy atom. The van der Waals surface area contributed by atoms with E-state index in [0.717, 1.165) is 11.4 Å². The lowest BCUT2D eigenvalue weighted by Gasteiger charge is -2.10. The lowest BCUT2D eigenvalue weighted by atomic mass is 10.3. The number of anilines is 1. The van der Waals surface area contributed by atoms with Crippen LogP contribution in [0.1, 0.15) is 13.8 Å². The fraction of sp³-hybridized carbons (Fsp3) is 0.364. The van der Waals surface area contributed by atoms with Crippen molar-refractivity contribution in [2.24, 2.45) is 10.8 Å². The van der Waals surface area contributed by atoms with E-state index in [9.17, 15) is 0 Å². The molecule has 0 amide bonds. The first-order chi connectivity index (χ1) is 7.65. The second-order valence-corrected chi connectivity index (χ2v) is 3.57. The summed E-state index contributed by atoms with van der Waals surface area (Å²) in [6.45, 7) is 3.96. The highest BCUT2D eigenvalue weighted by molar-refractivity contribution is 5.93. The lowest BCUT2D eigenvalue weighted by molar-refractivity contribution is 0.415. The number of hydrogen-bond acceptors (Lipinski definition) is 3. The van der Waals surface area contributed by atoms with Crippen LogP contribution in [-0.2, 0) is 0 Å². The molecule has 16 heavy (non-hydrogen) atoms. The number of methoxy groups -OCH3 is 1. The van der Waals surface area contributed by atoms with Crippen LogP contribution in [-0.4, -0.2) is 19.1 Å². The predicted molar refractivity (Wildman–Crippen MR) is 66.5 cm³/mol. The standard InChI is InChI=1S/C11H18N4O/c1-8(2)13-11(15-12)14-9-4-6-10(16-3)7-5-9/h4-8H,12H2,1-3H3,(H2,13,14,15). The van der Waals surface area contributed by atoms with Gasteiger partial charge in [-0.25, -0.2) is 10.8 Å². The van der Waals surface area contributed by atoms with Gasteiger partial charge in [-0.1, -0.05) is 0 Å². The van der Waals surface area contributed by atoms with Crippen LogP contribution in [0.2, 0.25) is 0 Å². The van der Waals surface area contributed by atoms with E-state index in [0.29, 0.717) is 5.96 Å². The van der Waals surface area contributed by atoms with E-state index in [1.165, 1.54) is 0 Å². The summed E-state index contributed by atoms with van der Waals surface area (Å²) in [6, 6.07) is 7.70. The Morgan fingerprint density at radius 1 is 1.31 bits per heavy atom. The first-order valence-corrected chi connectivity index (χ1v) is 5.11. The third-order valence-electron chi connectivity index (χ3n) is 1.88. The number of rotatable bonds is 3. The average molecular weight is 222 g/mol. The second kappa shape index (κ2) is 5.97. The van der Waals surface area contributed by atoms with Crippen LogP contribution in [0.4, 0.5) is 5.69 Å². The molecule has 0 aliphatic rings. The van der Waals surface area contributed by atoms with Crippen molar-refractivity contribution >= 4 is 11.6 Å². The Balaban J connectivity index is 2.70. The maximum absolute atomic E-state index is 5.36. The molecule has 0 aliphatic heterocycles. The second-order valence-electron chi connectivity index (χ2n) is 3.57. The van der Waals surface area contributed by atoms with Gasteiger partial charge in [0.05, 0.1) is 7.11 Å². The fourth-order valence-electron chi connectivity index (χ4n) is 1.17. The van der Waals surface area contributed by atoms with Crippen molar-refractivity contribution in [2.45, 2.75) is 19.9 Å². The number of aliphatic imine (C=N–C) groups is 1. The molecule has 88 valence electrons. The molecule has 1 aromatic carbocycles. The molecule has 5 nitrogen and oxygen atoms in total. The first-order valence-electron chi connectivity index (χ1n) is 5.11. The molecule has 0 bridgehead atoms. The van der Waals surface area contributed by atoms with E-state index in [4.69, 9.17) is 10.6 Å². The maximum Gasteiger partial charge on any atom is 0.210 e. The van der Waals surface area contributed by atoms with Gasteiger partial charge in [0.2, 0.25) is 5.96 Å². The number of benzene rings is 1. The zero-order chi connectivity index (χ0) is 12.0. The van der Waals surface area contributed by atoms with Gasteiger partial charge in [0, 0.05) is 11.7 Å². The van der Waals surface area contributed by atoms with Crippen LogP contribution in [0, 0.1) is 0 Å². The van der Waals surface area contributed by atoms with Crippen LogP contribution in [0.25, 0.3) is 0 Å². The fourth-order valence-corrected chi connectivity index (χ4v) is 1.17. The minimum Gasteiger partial charge on any atom is -0.497 e. The van der Waals surface area contributed by atoms with Gasteiger partial charge in [-0.05, 0) is 38.1 Å². The third kappa shape index (κ3) is 3.78. The summed E-state index contributed by atoms with van der Waals surface area (Å²) in [5.41, 5.74) is 3.42. The van der Waals surface area contributed by atoms with E-state index in [2.05, 4.69) is 15.7 Å². The Labute approximate surface area is 95.7 Å². The van der Waals surface area contributed by atoms with Crippen molar-refractivity contribution in [3.05, 3.63) is 24.3 Å². The number of nitrogens with zero attached hydrogens (tertiary/aromatic N) is 1. The van der Waals surface area contributed by atoms with Crippen molar-refractivity contribution < 1.29 is 4.74 Å². The predicted octanol–water partition coefficient (Wildman–Crippen LogP) is 1.33. The highest BCUT2D eigenvalue weighted by Gasteiger charge is 1.99. The molecule has 0 heterocycles. The molecule has 1 aromatic rings. The van der Waals surface area contributed by atoms with E-state index in [1.54, 1.807) is 7.11 Å². The maximum atomic E-state index is 5.36. The van der Waals surface area contributed by atoms with Crippen molar-refractivity contribution in [3.8, 4) is 5.75 Å². The Hall–Kier alpha value is -1.75. The number of guanidine groups is 1. The molecule has 1 rings (SSSR count). The molecular formula is C11H18N4O. The molecule has 0 saturated heterocycles. The van der Waals surface area contributed by atoms with Crippen molar-refractivity contribution in [1.29, 1.82) is 0 Å². The molecule has 0 aromatic heterocycles. The normalized spacial score (nSPS) is 11.4.